The molecule has 1 aliphatic rings. The number of rotatable bonds is 4. The third-order valence-electron chi connectivity index (χ3n) is 4.64. The highest BCUT2D eigenvalue weighted by atomic mass is 16.6. The van der Waals surface area contributed by atoms with Crippen molar-refractivity contribution in [3.05, 3.63) is 36.0 Å². The van der Waals surface area contributed by atoms with Crippen LogP contribution in [0.3, 0.4) is 0 Å². The molecular formula is C20H25N3O4. The highest BCUT2D eigenvalue weighted by molar-refractivity contribution is 5.82. The number of hydrogen-bond acceptors (Lipinski definition) is 5. The number of aromatic nitrogens is 1. The molecule has 2 heterocycles. The summed E-state index contributed by atoms with van der Waals surface area (Å²) in [6, 6.07) is 9.72. The molecule has 144 valence electrons. The number of fused-ring (bicyclic) bond motifs is 1. The molecule has 0 N–H and O–H groups in total. The lowest BCUT2D eigenvalue weighted by molar-refractivity contribution is -0.139. The Kier molecular flexibility index (Phi) is 5.78. The van der Waals surface area contributed by atoms with Crippen LogP contribution in [0.1, 0.15) is 19.5 Å². The maximum atomic E-state index is 12.7. The van der Waals surface area contributed by atoms with Crippen molar-refractivity contribution in [1.29, 1.82) is 0 Å². The van der Waals surface area contributed by atoms with Gasteiger partial charge in [0.05, 0.1) is 17.8 Å². The highest BCUT2D eigenvalue weighted by Crippen LogP contribution is 2.23. The number of aryl methyl sites for hydroxylation is 1. The molecule has 1 fully saturated rings. The SMILES string of the molecule is CCOC(=O)N1CCN(C(=O)C(C)Oc2cc3ccccc3nc2C)CC1. The van der Waals surface area contributed by atoms with Crippen LogP contribution in [0, 0.1) is 6.92 Å². The Morgan fingerprint density at radius 2 is 1.81 bits per heavy atom. The summed E-state index contributed by atoms with van der Waals surface area (Å²) in [6.45, 7) is 7.62. The van der Waals surface area contributed by atoms with Crippen LogP contribution in [-0.2, 0) is 9.53 Å². The second kappa shape index (κ2) is 8.24. The summed E-state index contributed by atoms with van der Waals surface area (Å²) < 4.78 is 10.9. The van der Waals surface area contributed by atoms with Crippen LogP contribution in [0.15, 0.2) is 30.3 Å². The first-order valence-electron chi connectivity index (χ1n) is 9.23. The first-order valence-corrected chi connectivity index (χ1v) is 9.23. The molecule has 1 aromatic heterocycles. The van der Waals surface area contributed by atoms with Crippen molar-refractivity contribution >= 4 is 22.9 Å². The number of pyridine rings is 1. The van der Waals surface area contributed by atoms with E-state index in [1.54, 1.807) is 23.6 Å². The van der Waals surface area contributed by atoms with Gasteiger partial charge in [-0.05, 0) is 32.9 Å². The summed E-state index contributed by atoms with van der Waals surface area (Å²) in [5, 5.41) is 0.973. The van der Waals surface area contributed by atoms with Crippen LogP contribution in [0.5, 0.6) is 5.75 Å². The normalized spacial score (nSPS) is 15.5. The molecule has 0 bridgehead atoms. The Morgan fingerprint density at radius 1 is 1.15 bits per heavy atom. The monoisotopic (exact) mass is 371 g/mol. The van der Waals surface area contributed by atoms with Crippen LogP contribution in [0.4, 0.5) is 4.79 Å². The molecule has 7 nitrogen and oxygen atoms in total. The largest absolute Gasteiger partial charge is 0.479 e. The molecule has 1 saturated heterocycles. The molecule has 0 saturated carbocycles. The van der Waals surface area contributed by atoms with Crippen LogP contribution in [0.25, 0.3) is 10.9 Å². The van der Waals surface area contributed by atoms with E-state index in [-0.39, 0.29) is 12.0 Å². The van der Waals surface area contributed by atoms with E-state index in [0.29, 0.717) is 38.5 Å². The van der Waals surface area contributed by atoms with Crippen molar-refractivity contribution in [2.75, 3.05) is 32.8 Å². The van der Waals surface area contributed by atoms with Gasteiger partial charge in [-0.3, -0.25) is 4.79 Å². The fraction of sp³-hybridized carbons (Fsp3) is 0.450. The number of para-hydroxylation sites is 1. The molecule has 3 rings (SSSR count). The molecule has 0 aliphatic carbocycles. The van der Waals surface area contributed by atoms with E-state index in [4.69, 9.17) is 9.47 Å². The van der Waals surface area contributed by atoms with E-state index in [1.807, 2.05) is 37.3 Å². The van der Waals surface area contributed by atoms with Crippen LogP contribution >= 0.6 is 0 Å². The third-order valence-corrected chi connectivity index (χ3v) is 4.64. The average Bonchev–Trinajstić information content (AvgIpc) is 2.68. The highest BCUT2D eigenvalue weighted by Gasteiger charge is 2.28. The molecule has 1 aromatic carbocycles. The third kappa shape index (κ3) is 4.30. The number of piperazine rings is 1. The van der Waals surface area contributed by atoms with Gasteiger partial charge in [-0.25, -0.2) is 9.78 Å². The van der Waals surface area contributed by atoms with E-state index < -0.39 is 6.10 Å². The van der Waals surface area contributed by atoms with Crippen LogP contribution in [0.2, 0.25) is 0 Å². The Balaban J connectivity index is 1.61. The number of carbonyl (C=O) groups excluding carboxylic acids is 2. The van der Waals surface area contributed by atoms with E-state index in [0.717, 1.165) is 16.6 Å². The number of ether oxygens (including phenoxy) is 2. The first kappa shape index (κ1) is 18.9. The van der Waals surface area contributed by atoms with Gasteiger partial charge in [0.2, 0.25) is 0 Å². The summed E-state index contributed by atoms with van der Waals surface area (Å²) >= 11 is 0. The Morgan fingerprint density at radius 3 is 2.52 bits per heavy atom. The zero-order valence-electron chi connectivity index (χ0n) is 16.0. The van der Waals surface area contributed by atoms with E-state index in [9.17, 15) is 9.59 Å². The minimum atomic E-state index is -0.624. The van der Waals surface area contributed by atoms with Crippen molar-refractivity contribution < 1.29 is 19.1 Å². The summed E-state index contributed by atoms with van der Waals surface area (Å²) in [5.41, 5.74) is 1.65. The molecule has 0 radical (unpaired) electrons. The van der Waals surface area contributed by atoms with Gasteiger partial charge in [0.1, 0.15) is 5.75 Å². The zero-order valence-corrected chi connectivity index (χ0v) is 16.0. The summed E-state index contributed by atoms with van der Waals surface area (Å²) in [6.07, 6.45) is -0.951. The number of benzene rings is 1. The number of hydrogen-bond donors (Lipinski definition) is 0. The Labute approximate surface area is 158 Å². The topological polar surface area (TPSA) is 72.0 Å². The molecule has 1 aliphatic heterocycles. The van der Waals surface area contributed by atoms with E-state index >= 15 is 0 Å². The lowest BCUT2D eigenvalue weighted by Gasteiger charge is -2.35. The second-order valence-electron chi connectivity index (χ2n) is 6.54. The fourth-order valence-corrected chi connectivity index (χ4v) is 3.13. The molecule has 7 heteroatoms. The summed E-state index contributed by atoms with van der Waals surface area (Å²) in [7, 11) is 0. The van der Waals surface area contributed by atoms with Crippen molar-refractivity contribution in [1.82, 2.24) is 14.8 Å². The number of amides is 2. The van der Waals surface area contributed by atoms with E-state index in [1.165, 1.54) is 0 Å². The van der Waals surface area contributed by atoms with Gasteiger partial charge >= 0.3 is 6.09 Å². The maximum Gasteiger partial charge on any atom is 0.409 e. The second-order valence-corrected chi connectivity index (χ2v) is 6.54. The van der Waals surface area contributed by atoms with Crippen molar-refractivity contribution in [2.24, 2.45) is 0 Å². The zero-order chi connectivity index (χ0) is 19.4. The first-order chi connectivity index (χ1) is 13.0. The molecule has 2 amide bonds. The Hall–Kier alpha value is -2.83. The van der Waals surface area contributed by atoms with Crippen molar-refractivity contribution in [3.8, 4) is 5.75 Å². The molecule has 1 unspecified atom stereocenters. The Bertz CT molecular complexity index is 831. The predicted octanol–water partition coefficient (Wildman–Crippen LogP) is 2.61. The quantitative estimate of drug-likeness (QED) is 0.826. The summed E-state index contributed by atoms with van der Waals surface area (Å²) in [5.74, 6) is 0.519. The number of nitrogens with zero attached hydrogens (tertiary/aromatic N) is 3. The van der Waals surface area contributed by atoms with Crippen molar-refractivity contribution in [3.63, 3.8) is 0 Å². The molecule has 0 spiro atoms. The lowest BCUT2D eigenvalue weighted by Crippen LogP contribution is -2.53. The summed E-state index contributed by atoms with van der Waals surface area (Å²) in [4.78, 5) is 32.4. The average molecular weight is 371 g/mol. The molecule has 27 heavy (non-hydrogen) atoms. The predicted molar refractivity (Wildman–Crippen MR) is 102 cm³/mol. The van der Waals surface area contributed by atoms with Gasteiger partial charge in [0.15, 0.2) is 6.10 Å². The van der Waals surface area contributed by atoms with Crippen molar-refractivity contribution in [2.45, 2.75) is 26.9 Å². The van der Waals surface area contributed by atoms with Gasteiger partial charge in [0.25, 0.3) is 5.91 Å². The standard InChI is InChI=1S/C20H25N3O4/c1-4-26-20(25)23-11-9-22(10-12-23)19(24)15(3)27-18-13-16-7-5-6-8-17(16)21-14(18)2/h5-8,13,15H,4,9-12H2,1-3H3. The fourth-order valence-electron chi connectivity index (χ4n) is 3.13. The van der Waals surface area contributed by atoms with Gasteiger partial charge in [-0.2, -0.15) is 0 Å². The lowest BCUT2D eigenvalue weighted by atomic mass is 10.2. The molecule has 2 aromatic rings. The van der Waals surface area contributed by atoms with E-state index in [2.05, 4.69) is 4.98 Å². The smallest absolute Gasteiger partial charge is 0.409 e. The van der Waals surface area contributed by atoms with Gasteiger partial charge < -0.3 is 19.3 Å². The molecule has 1 atom stereocenters. The van der Waals surface area contributed by atoms with Crippen LogP contribution in [-0.4, -0.2) is 65.7 Å². The van der Waals surface area contributed by atoms with Gasteiger partial charge in [-0.15, -0.1) is 0 Å². The van der Waals surface area contributed by atoms with Gasteiger partial charge in [0, 0.05) is 31.6 Å². The molecular weight excluding hydrogens is 346 g/mol. The van der Waals surface area contributed by atoms with Crippen LogP contribution < -0.4 is 4.74 Å². The minimum Gasteiger partial charge on any atom is -0.479 e. The minimum absolute atomic E-state index is 0.0916. The number of carbonyl (C=O) groups is 2. The van der Waals surface area contributed by atoms with Gasteiger partial charge in [-0.1, -0.05) is 18.2 Å². The maximum absolute atomic E-state index is 12.7.